The van der Waals surface area contributed by atoms with Gasteiger partial charge in [0.05, 0.1) is 5.56 Å². The van der Waals surface area contributed by atoms with E-state index < -0.39 is 11.2 Å². The summed E-state index contributed by atoms with van der Waals surface area (Å²) in [7, 11) is 0. The molecule has 1 rings (SSSR count). The quantitative estimate of drug-likeness (QED) is 0.416. The summed E-state index contributed by atoms with van der Waals surface area (Å²) < 4.78 is 4.76. The second-order valence-electron chi connectivity index (χ2n) is 2.36. The maximum Gasteiger partial charge on any atom is 0.308 e. The molecule has 0 saturated heterocycles. The Hall–Kier alpha value is -1.35. The molecule has 3 nitrogen and oxygen atoms in total. The van der Waals surface area contributed by atoms with Crippen molar-refractivity contribution in [1.29, 1.82) is 0 Å². The van der Waals surface area contributed by atoms with E-state index in [0.717, 1.165) is 0 Å². The van der Waals surface area contributed by atoms with Crippen LogP contribution in [0.5, 0.6) is 5.75 Å². The van der Waals surface area contributed by atoms with Gasteiger partial charge in [-0.25, -0.2) is 0 Å². The van der Waals surface area contributed by atoms with Gasteiger partial charge in [0.2, 0.25) is 0 Å². The van der Waals surface area contributed by atoms with Gasteiger partial charge in [-0.3, -0.25) is 9.59 Å². The van der Waals surface area contributed by atoms with Crippen LogP contribution in [0.4, 0.5) is 0 Å². The molecular formula is C9H7ClO3. The number of benzene rings is 1. The molecule has 0 aliphatic carbocycles. The highest BCUT2D eigenvalue weighted by Crippen LogP contribution is 2.19. The van der Waals surface area contributed by atoms with E-state index in [0.29, 0.717) is 0 Å². The van der Waals surface area contributed by atoms with E-state index in [2.05, 4.69) is 0 Å². The summed E-state index contributed by atoms with van der Waals surface area (Å²) >= 11 is 5.26. The summed E-state index contributed by atoms with van der Waals surface area (Å²) in [5, 5.41) is -0.642. The van der Waals surface area contributed by atoms with Crippen molar-refractivity contribution >= 4 is 22.8 Å². The average molecular weight is 200 g/mol. The SMILES string of the molecule is CC(=O)Oc1cccc[13c]1C(=O)Cl. The molecule has 0 amide bonds. The van der Waals surface area contributed by atoms with E-state index in [-0.39, 0.29) is 11.3 Å². The third-order valence-corrected chi connectivity index (χ3v) is 1.56. The van der Waals surface area contributed by atoms with Gasteiger partial charge < -0.3 is 4.74 Å². The van der Waals surface area contributed by atoms with Gasteiger partial charge in [0.15, 0.2) is 0 Å². The summed E-state index contributed by atoms with van der Waals surface area (Å²) in [4.78, 5) is 21.4. The number of carbonyl (C=O) groups is 2. The number of ether oxygens (including phenoxy) is 1. The first-order valence-electron chi connectivity index (χ1n) is 3.58. The number of carbonyl (C=O) groups excluding carboxylic acids is 2. The number of halogens is 1. The van der Waals surface area contributed by atoms with Crippen LogP contribution in [0.3, 0.4) is 0 Å². The zero-order chi connectivity index (χ0) is 9.84. The van der Waals surface area contributed by atoms with Crippen molar-refractivity contribution in [3.05, 3.63) is 29.8 Å². The van der Waals surface area contributed by atoms with Crippen molar-refractivity contribution < 1.29 is 14.3 Å². The third-order valence-electron chi connectivity index (χ3n) is 1.35. The molecule has 0 aliphatic rings. The van der Waals surface area contributed by atoms with Crippen molar-refractivity contribution in [3.8, 4) is 5.75 Å². The fourth-order valence-corrected chi connectivity index (χ4v) is 1.03. The van der Waals surface area contributed by atoms with Crippen molar-refractivity contribution in [2.24, 2.45) is 0 Å². The molecule has 0 saturated carbocycles. The highest BCUT2D eigenvalue weighted by molar-refractivity contribution is 6.68. The Bertz CT molecular complexity index is 346. The smallest absolute Gasteiger partial charge is 0.308 e. The first kappa shape index (κ1) is 9.74. The average Bonchev–Trinajstić information content (AvgIpc) is 2.03. The van der Waals surface area contributed by atoms with Crippen LogP contribution < -0.4 is 4.74 Å². The van der Waals surface area contributed by atoms with Crippen LogP contribution in [0.25, 0.3) is 0 Å². The monoisotopic (exact) mass is 199 g/mol. The highest BCUT2D eigenvalue weighted by atomic mass is 35.5. The maximum absolute atomic E-state index is 10.8. The van der Waals surface area contributed by atoms with Gasteiger partial charge in [0, 0.05) is 6.92 Å². The third kappa shape index (κ3) is 2.56. The van der Waals surface area contributed by atoms with Gasteiger partial charge in [-0.1, -0.05) is 12.1 Å². The second kappa shape index (κ2) is 4.05. The Kier molecular flexibility index (Phi) is 3.03. The van der Waals surface area contributed by atoms with Crippen LogP contribution in [0.1, 0.15) is 17.3 Å². The molecule has 4 heteroatoms. The number of para-hydroxylation sites is 1. The minimum absolute atomic E-state index is 0.190. The number of esters is 1. The van der Waals surface area contributed by atoms with Crippen molar-refractivity contribution in [2.75, 3.05) is 0 Å². The minimum atomic E-state index is -0.642. The van der Waals surface area contributed by atoms with Gasteiger partial charge in [-0.15, -0.1) is 0 Å². The Morgan fingerprint density at radius 2 is 1.92 bits per heavy atom. The number of hydrogen-bond acceptors (Lipinski definition) is 3. The zero-order valence-electron chi connectivity index (χ0n) is 6.91. The molecule has 0 atom stereocenters. The number of hydrogen-bond donors (Lipinski definition) is 0. The molecule has 0 aromatic heterocycles. The molecule has 1 aromatic rings. The van der Waals surface area contributed by atoms with Crippen LogP contribution in [-0.4, -0.2) is 11.2 Å². The second-order valence-corrected chi connectivity index (χ2v) is 2.71. The van der Waals surface area contributed by atoms with E-state index in [1.165, 1.54) is 19.1 Å². The summed E-state index contributed by atoms with van der Waals surface area (Å²) in [5.74, 6) is -0.291. The molecule has 0 N–H and O–H groups in total. The highest BCUT2D eigenvalue weighted by Gasteiger charge is 2.10. The van der Waals surface area contributed by atoms with Gasteiger partial charge in [0.1, 0.15) is 5.75 Å². The van der Waals surface area contributed by atoms with Gasteiger partial charge >= 0.3 is 5.97 Å². The van der Waals surface area contributed by atoms with Crippen molar-refractivity contribution in [3.63, 3.8) is 0 Å². The molecule has 0 spiro atoms. The molecule has 0 radical (unpaired) electrons. The van der Waals surface area contributed by atoms with Crippen LogP contribution in [0.15, 0.2) is 24.3 Å². The predicted octanol–water partition coefficient (Wildman–Crippen LogP) is 1.99. The molecular weight excluding hydrogens is 193 g/mol. The molecule has 1 aromatic carbocycles. The zero-order valence-corrected chi connectivity index (χ0v) is 7.67. The van der Waals surface area contributed by atoms with Crippen molar-refractivity contribution in [1.82, 2.24) is 0 Å². The Labute approximate surface area is 80.3 Å². The standard InChI is InChI=1S/C9H7ClO3/c1-6(11)13-8-5-3-2-4-7(8)9(10)12/h2-5H,1H3/i7+1. The molecule has 13 heavy (non-hydrogen) atoms. The lowest BCUT2D eigenvalue weighted by Crippen LogP contribution is -2.04. The molecule has 0 fully saturated rings. The first-order valence-corrected chi connectivity index (χ1v) is 3.96. The van der Waals surface area contributed by atoms with Crippen LogP contribution in [0.2, 0.25) is 0 Å². The Balaban J connectivity index is 3.04. The number of rotatable bonds is 2. The normalized spacial score (nSPS) is 9.38. The minimum Gasteiger partial charge on any atom is -0.426 e. The van der Waals surface area contributed by atoms with Gasteiger partial charge in [-0.2, -0.15) is 0 Å². The van der Waals surface area contributed by atoms with Gasteiger partial charge in [0.25, 0.3) is 5.24 Å². The van der Waals surface area contributed by atoms with Crippen LogP contribution in [0, 0.1) is 0 Å². The lowest BCUT2D eigenvalue weighted by Gasteiger charge is -2.03. The van der Waals surface area contributed by atoms with Crippen LogP contribution >= 0.6 is 11.6 Å². The summed E-state index contributed by atoms with van der Waals surface area (Å²) in [6, 6.07) is 6.30. The fourth-order valence-electron chi connectivity index (χ4n) is 0.873. The lowest BCUT2D eigenvalue weighted by molar-refractivity contribution is -0.131. The largest absolute Gasteiger partial charge is 0.426 e. The van der Waals surface area contributed by atoms with E-state index in [4.69, 9.17) is 16.3 Å². The van der Waals surface area contributed by atoms with E-state index in [1.807, 2.05) is 0 Å². The first-order chi connectivity index (χ1) is 6.11. The maximum atomic E-state index is 10.8. The molecule has 68 valence electrons. The molecule has 0 aliphatic heterocycles. The van der Waals surface area contributed by atoms with Crippen LogP contribution in [-0.2, 0) is 4.79 Å². The van der Waals surface area contributed by atoms with Crippen molar-refractivity contribution in [2.45, 2.75) is 6.92 Å². The summed E-state index contributed by atoms with van der Waals surface area (Å²) in [6.45, 7) is 1.26. The van der Waals surface area contributed by atoms with E-state index in [9.17, 15) is 9.59 Å². The Morgan fingerprint density at radius 3 is 2.46 bits per heavy atom. The fraction of sp³-hybridized carbons (Fsp3) is 0.111. The predicted molar refractivity (Wildman–Crippen MR) is 47.9 cm³/mol. The summed E-state index contributed by atoms with van der Waals surface area (Å²) in [5.41, 5.74) is 0.194. The summed E-state index contributed by atoms with van der Waals surface area (Å²) in [6.07, 6.45) is 0. The molecule has 0 heterocycles. The topological polar surface area (TPSA) is 43.4 Å². The van der Waals surface area contributed by atoms with E-state index >= 15 is 0 Å². The van der Waals surface area contributed by atoms with Gasteiger partial charge in [-0.05, 0) is 23.7 Å². The van der Waals surface area contributed by atoms with E-state index in [1.54, 1.807) is 12.1 Å². The molecule has 0 bridgehead atoms. The Morgan fingerprint density at radius 1 is 1.31 bits per heavy atom. The molecule has 0 unspecified atom stereocenters. The lowest BCUT2D eigenvalue weighted by atomic mass is 10.4.